The van der Waals surface area contributed by atoms with Gasteiger partial charge in [0.05, 0.1) is 0 Å². The van der Waals surface area contributed by atoms with E-state index in [2.05, 4.69) is 44.5 Å². The fraction of sp³-hybridized carbons (Fsp3) is 0.185. The van der Waals surface area contributed by atoms with Gasteiger partial charge in [-0.3, -0.25) is 14.8 Å². The van der Waals surface area contributed by atoms with Gasteiger partial charge in [-0.15, -0.1) is 0 Å². The van der Waals surface area contributed by atoms with Crippen LogP contribution in [0, 0.1) is 6.92 Å². The molecule has 6 heteroatoms. The highest BCUT2D eigenvalue weighted by Gasteiger charge is 2.23. The summed E-state index contributed by atoms with van der Waals surface area (Å²) in [6.07, 6.45) is 5.27. The molecule has 5 rings (SSSR count). The van der Waals surface area contributed by atoms with Crippen LogP contribution >= 0.6 is 0 Å². The van der Waals surface area contributed by atoms with Crippen LogP contribution in [0.15, 0.2) is 85.3 Å². The lowest BCUT2D eigenvalue weighted by atomic mass is 10.0. The summed E-state index contributed by atoms with van der Waals surface area (Å²) < 4.78 is 0. The number of anilines is 1. The van der Waals surface area contributed by atoms with Gasteiger partial charge in [-0.25, -0.2) is 4.98 Å². The van der Waals surface area contributed by atoms with Gasteiger partial charge < -0.3 is 10.2 Å². The van der Waals surface area contributed by atoms with Crippen molar-refractivity contribution in [1.29, 1.82) is 0 Å². The maximum Gasteiger partial charge on any atom is 0.213 e. The van der Waals surface area contributed by atoms with Crippen molar-refractivity contribution in [1.82, 2.24) is 20.3 Å². The number of benzene rings is 1. The summed E-state index contributed by atoms with van der Waals surface area (Å²) in [6.45, 7) is 4.34. The Hall–Kier alpha value is -3.90. The molecule has 4 aromatic rings. The van der Waals surface area contributed by atoms with Crippen LogP contribution < -0.4 is 10.2 Å². The summed E-state index contributed by atoms with van der Waals surface area (Å²) in [7, 11) is 0. The lowest BCUT2D eigenvalue weighted by molar-refractivity contribution is 0.103. The second-order valence-corrected chi connectivity index (χ2v) is 8.17. The molecule has 0 spiro atoms. The molecule has 1 unspecified atom stereocenters. The molecule has 1 atom stereocenters. The van der Waals surface area contributed by atoms with E-state index in [4.69, 9.17) is 4.98 Å². The first kappa shape index (κ1) is 21.0. The molecular formula is C27H27N5O. The average Bonchev–Trinajstić information content (AvgIpc) is 2.90. The summed E-state index contributed by atoms with van der Waals surface area (Å²) in [4.78, 5) is 29.0. The van der Waals surface area contributed by atoms with Crippen molar-refractivity contribution in [3.63, 3.8) is 0 Å². The number of nitrogens with zero attached hydrogens (tertiary/aromatic N) is 4. The van der Waals surface area contributed by atoms with Crippen molar-refractivity contribution < 1.29 is 6.22 Å². The molecule has 1 aliphatic rings. The normalized spacial score (nSPS) is 15.9. The van der Waals surface area contributed by atoms with E-state index in [1.807, 2.05) is 43.3 Å². The maximum absolute atomic E-state index is 13.4. The summed E-state index contributed by atoms with van der Waals surface area (Å²) in [6, 6.07) is 22.0. The Labute approximate surface area is 194 Å². The van der Waals surface area contributed by atoms with Crippen LogP contribution in [0.5, 0.6) is 0 Å². The molecule has 6 nitrogen and oxygen atoms in total. The third-order valence-electron chi connectivity index (χ3n) is 5.99. The first-order chi connectivity index (χ1) is 16.2. The van der Waals surface area contributed by atoms with E-state index in [1.165, 1.54) is 5.56 Å². The van der Waals surface area contributed by atoms with Crippen LogP contribution in [0.25, 0.3) is 11.1 Å². The minimum absolute atomic E-state index is 0. The quantitative estimate of drug-likeness (QED) is 0.465. The van der Waals surface area contributed by atoms with Gasteiger partial charge in [0.25, 0.3) is 0 Å². The van der Waals surface area contributed by atoms with Crippen LogP contribution in [0.2, 0.25) is 0 Å². The fourth-order valence-electron chi connectivity index (χ4n) is 4.18. The number of nitrogens with one attached hydrogen (secondary N) is 1. The third kappa shape index (κ3) is 4.52. The Morgan fingerprint density at radius 1 is 1.03 bits per heavy atom. The van der Waals surface area contributed by atoms with Crippen molar-refractivity contribution in [3.05, 3.63) is 108 Å². The van der Waals surface area contributed by atoms with Crippen molar-refractivity contribution in [2.24, 2.45) is 0 Å². The van der Waals surface area contributed by atoms with Gasteiger partial charge in [-0.2, -0.15) is 0 Å². The van der Waals surface area contributed by atoms with E-state index in [9.17, 15) is 4.79 Å². The number of aromatic nitrogens is 3. The van der Waals surface area contributed by atoms with E-state index in [0.717, 1.165) is 36.6 Å². The molecular weight excluding hydrogens is 410 g/mol. The zero-order valence-electron chi connectivity index (χ0n) is 18.5. The number of carbonyl (C=O) groups excluding carboxylic acids is 1. The van der Waals surface area contributed by atoms with Crippen LogP contribution in [-0.2, 0) is 0 Å². The molecule has 33 heavy (non-hydrogen) atoms. The van der Waals surface area contributed by atoms with Gasteiger partial charge in [0.2, 0.25) is 5.78 Å². The number of pyridine rings is 3. The number of piperazine rings is 1. The van der Waals surface area contributed by atoms with Gasteiger partial charge in [0.1, 0.15) is 11.5 Å². The molecule has 1 fully saturated rings. The molecule has 1 saturated heterocycles. The smallest absolute Gasteiger partial charge is 0.213 e. The van der Waals surface area contributed by atoms with Crippen LogP contribution in [0.1, 0.15) is 34.8 Å². The summed E-state index contributed by atoms with van der Waals surface area (Å²) in [5.74, 6) is 0.694. The van der Waals surface area contributed by atoms with E-state index in [1.54, 1.807) is 24.7 Å². The summed E-state index contributed by atoms with van der Waals surface area (Å²) in [5, 5.41) is 3.58. The second-order valence-electron chi connectivity index (χ2n) is 8.17. The fourth-order valence-corrected chi connectivity index (χ4v) is 4.18. The minimum atomic E-state index is -0.123. The Bertz CT molecular complexity index is 1270. The topological polar surface area (TPSA) is 71.0 Å². The van der Waals surface area contributed by atoms with Crippen LogP contribution in [0.4, 0.5) is 5.82 Å². The Morgan fingerprint density at radius 3 is 2.73 bits per heavy atom. The molecule has 0 aliphatic carbocycles. The van der Waals surface area contributed by atoms with Crippen molar-refractivity contribution in [2.45, 2.75) is 13.0 Å². The highest BCUT2D eigenvalue weighted by atomic mass is 16.1. The molecule has 1 aliphatic heterocycles. The molecule has 4 heterocycles. The highest BCUT2D eigenvalue weighted by molar-refractivity contribution is 6.09. The third-order valence-corrected chi connectivity index (χ3v) is 5.99. The number of carbonyl (C=O) groups is 1. The van der Waals surface area contributed by atoms with Crippen molar-refractivity contribution in [2.75, 3.05) is 24.5 Å². The lowest BCUT2D eigenvalue weighted by Gasteiger charge is -2.35. The molecule has 166 valence electrons. The Balaban J connectivity index is 0.00000274. The molecule has 0 saturated carbocycles. The van der Waals surface area contributed by atoms with E-state index >= 15 is 0 Å². The average molecular weight is 438 g/mol. The van der Waals surface area contributed by atoms with Gasteiger partial charge >= 0.3 is 0 Å². The second kappa shape index (κ2) is 9.30. The van der Waals surface area contributed by atoms with Gasteiger partial charge in [-0.1, -0.05) is 42.5 Å². The van der Waals surface area contributed by atoms with Gasteiger partial charge in [0, 0.05) is 68.1 Å². The largest absolute Gasteiger partial charge is 0.353 e. The Morgan fingerprint density at radius 2 is 1.91 bits per heavy atom. The highest BCUT2D eigenvalue weighted by Crippen LogP contribution is 2.24. The molecule has 3 aromatic heterocycles. The van der Waals surface area contributed by atoms with Crippen molar-refractivity contribution >= 4 is 11.6 Å². The minimum Gasteiger partial charge on any atom is -0.353 e. The first-order valence-electron chi connectivity index (χ1n) is 11.1. The van der Waals surface area contributed by atoms with E-state index < -0.39 is 0 Å². The number of hydrogen-bond donors (Lipinski definition) is 1. The Kier molecular flexibility index (Phi) is 5.91. The van der Waals surface area contributed by atoms with Gasteiger partial charge in [-0.05, 0) is 36.8 Å². The summed E-state index contributed by atoms with van der Waals surface area (Å²) >= 11 is 0. The number of hydrogen-bond acceptors (Lipinski definition) is 6. The molecule has 0 bridgehead atoms. The monoisotopic (exact) mass is 437 g/mol. The number of aryl methyl sites for hydroxylation is 1. The number of rotatable bonds is 5. The van der Waals surface area contributed by atoms with Crippen LogP contribution in [0.3, 0.4) is 0 Å². The number of ketones is 1. The predicted octanol–water partition coefficient (Wildman–Crippen LogP) is 4.47. The summed E-state index contributed by atoms with van der Waals surface area (Å²) in [5.41, 5.74) is 4.71. The zero-order chi connectivity index (χ0) is 22.6. The van der Waals surface area contributed by atoms with Gasteiger partial charge in [0.15, 0.2) is 0 Å². The predicted molar refractivity (Wildman–Crippen MR) is 131 cm³/mol. The maximum atomic E-state index is 13.4. The zero-order valence-corrected chi connectivity index (χ0v) is 18.5. The molecule has 1 aromatic carbocycles. The molecule has 0 amide bonds. The lowest BCUT2D eigenvalue weighted by Crippen LogP contribution is -2.46. The van der Waals surface area contributed by atoms with Crippen LogP contribution in [-0.4, -0.2) is 40.4 Å². The van der Waals surface area contributed by atoms with E-state index in [-0.39, 0.29) is 13.3 Å². The molecule has 1 N–H and O–H groups in total. The standard InChI is InChI=1S/C27H25N5O.H2/c1-19-23(15-22(17-30-19)21-9-6-12-28-16-21)27(33)24-10-5-11-26(31-24)32-14-13-29-25(18-32)20-7-3-2-4-8-20;/h2-12,15-17,25,29H,13-14,18H2,1H3;1H. The SMILES string of the molecule is Cc1ncc(-c2cccnc2)cc1C(=O)c1cccc(N2CCNC(c3ccccc3)C2)n1.[HH]. The first-order valence-corrected chi connectivity index (χ1v) is 11.1. The van der Waals surface area contributed by atoms with Crippen molar-refractivity contribution in [3.8, 4) is 11.1 Å². The molecule has 0 radical (unpaired) electrons. The van der Waals surface area contributed by atoms with E-state index in [0.29, 0.717) is 17.0 Å².